The van der Waals surface area contributed by atoms with Gasteiger partial charge in [-0.1, -0.05) is 0 Å². The molecule has 1 aliphatic carbocycles. The number of nitrogens with one attached hydrogen (secondary N) is 2. The smallest absolute Gasteiger partial charge is 0.239 e. The van der Waals surface area contributed by atoms with E-state index in [1.165, 1.54) is 12.8 Å². The molecular formula is C13H25Cl2N5O. The van der Waals surface area contributed by atoms with Gasteiger partial charge in [0.2, 0.25) is 5.91 Å². The van der Waals surface area contributed by atoms with E-state index < -0.39 is 0 Å². The maximum Gasteiger partial charge on any atom is 0.239 e. The van der Waals surface area contributed by atoms with Crippen molar-refractivity contribution in [2.24, 2.45) is 5.92 Å². The Morgan fingerprint density at radius 3 is 2.76 bits per heavy atom. The quantitative estimate of drug-likeness (QED) is 0.748. The highest BCUT2D eigenvalue weighted by atomic mass is 35.5. The lowest BCUT2D eigenvalue weighted by Crippen LogP contribution is -2.29. The fourth-order valence-electron chi connectivity index (χ4n) is 1.75. The van der Waals surface area contributed by atoms with Crippen LogP contribution in [0.5, 0.6) is 0 Å². The van der Waals surface area contributed by atoms with Crippen LogP contribution in [0.25, 0.3) is 0 Å². The molecule has 1 aliphatic rings. The Morgan fingerprint density at radius 2 is 2.14 bits per heavy atom. The Kier molecular flexibility index (Phi) is 9.61. The Bertz CT molecular complexity index is 420. The number of amides is 1. The van der Waals surface area contributed by atoms with E-state index in [9.17, 15) is 4.79 Å². The van der Waals surface area contributed by atoms with E-state index in [0.29, 0.717) is 12.4 Å². The molecule has 1 aromatic rings. The zero-order chi connectivity index (χ0) is 13.7. The zero-order valence-electron chi connectivity index (χ0n) is 12.5. The minimum absolute atomic E-state index is 0. The topological polar surface area (TPSA) is 62.2 Å². The molecule has 2 rings (SSSR count). The largest absolute Gasteiger partial charge is 0.308 e. The first-order valence-corrected chi connectivity index (χ1v) is 6.82. The highest BCUT2D eigenvalue weighted by Gasteiger charge is 2.20. The molecule has 0 radical (unpaired) electrons. The fourth-order valence-corrected chi connectivity index (χ4v) is 1.75. The first kappa shape index (κ1) is 20.2. The van der Waals surface area contributed by atoms with Crippen molar-refractivity contribution < 1.29 is 4.79 Å². The van der Waals surface area contributed by atoms with Gasteiger partial charge in [-0.3, -0.25) is 9.48 Å². The molecule has 21 heavy (non-hydrogen) atoms. The van der Waals surface area contributed by atoms with Crippen molar-refractivity contribution in [3.8, 4) is 0 Å². The summed E-state index contributed by atoms with van der Waals surface area (Å²) in [7, 11) is 4.05. The van der Waals surface area contributed by atoms with Gasteiger partial charge in [-0.15, -0.1) is 24.8 Å². The second kappa shape index (κ2) is 10.00. The summed E-state index contributed by atoms with van der Waals surface area (Å²) < 4.78 is 1.84. The van der Waals surface area contributed by atoms with Gasteiger partial charge in [-0.25, -0.2) is 0 Å². The van der Waals surface area contributed by atoms with Gasteiger partial charge < -0.3 is 15.5 Å². The van der Waals surface area contributed by atoms with Crippen molar-refractivity contribution in [3.05, 3.63) is 12.3 Å². The molecule has 1 heterocycles. The summed E-state index contributed by atoms with van der Waals surface area (Å²) in [6.07, 6.45) is 4.48. The summed E-state index contributed by atoms with van der Waals surface area (Å²) in [6, 6.07) is 1.83. The fraction of sp³-hybridized carbons (Fsp3) is 0.692. The number of halogens is 2. The number of carbonyl (C=O) groups is 1. The molecule has 0 unspecified atom stereocenters. The van der Waals surface area contributed by atoms with E-state index in [2.05, 4.69) is 20.6 Å². The summed E-state index contributed by atoms with van der Waals surface area (Å²) in [6.45, 7) is 3.06. The zero-order valence-corrected chi connectivity index (χ0v) is 14.2. The van der Waals surface area contributed by atoms with Gasteiger partial charge >= 0.3 is 0 Å². The van der Waals surface area contributed by atoms with Crippen molar-refractivity contribution >= 4 is 36.5 Å². The van der Waals surface area contributed by atoms with Crippen LogP contribution in [-0.4, -0.2) is 54.3 Å². The van der Waals surface area contributed by atoms with E-state index in [4.69, 9.17) is 0 Å². The summed E-state index contributed by atoms with van der Waals surface area (Å²) in [5.74, 6) is 1.38. The average molecular weight is 338 g/mol. The summed E-state index contributed by atoms with van der Waals surface area (Å²) in [5.41, 5.74) is 0. The number of nitrogens with zero attached hydrogens (tertiary/aromatic N) is 3. The number of rotatable bonds is 8. The summed E-state index contributed by atoms with van der Waals surface area (Å²) in [5, 5.41) is 10.3. The van der Waals surface area contributed by atoms with Crippen LogP contribution < -0.4 is 10.6 Å². The molecule has 0 aliphatic heterocycles. The average Bonchev–Trinajstić information content (AvgIpc) is 3.06. The van der Waals surface area contributed by atoms with Crippen molar-refractivity contribution in [2.75, 3.05) is 39.0 Å². The predicted molar refractivity (Wildman–Crippen MR) is 89.5 cm³/mol. The molecule has 1 amide bonds. The van der Waals surface area contributed by atoms with Crippen LogP contribution in [0.3, 0.4) is 0 Å². The van der Waals surface area contributed by atoms with E-state index in [1.54, 1.807) is 0 Å². The van der Waals surface area contributed by atoms with E-state index in [1.807, 2.05) is 31.0 Å². The van der Waals surface area contributed by atoms with Crippen LogP contribution in [0.15, 0.2) is 12.3 Å². The first-order chi connectivity index (χ1) is 9.13. The minimum atomic E-state index is -0.0292. The summed E-state index contributed by atoms with van der Waals surface area (Å²) in [4.78, 5) is 13.8. The molecule has 0 spiro atoms. The van der Waals surface area contributed by atoms with Crippen LogP contribution in [0.1, 0.15) is 12.8 Å². The number of aromatic nitrogens is 2. The molecule has 8 heteroatoms. The molecular weight excluding hydrogens is 313 g/mol. The van der Waals surface area contributed by atoms with Crippen LogP contribution in [0, 0.1) is 5.92 Å². The molecule has 0 aromatic carbocycles. The van der Waals surface area contributed by atoms with E-state index in [0.717, 1.165) is 25.6 Å². The second-order valence-corrected chi connectivity index (χ2v) is 5.39. The lowest BCUT2D eigenvalue weighted by molar-refractivity contribution is -0.115. The van der Waals surface area contributed by atoms with Crippen LogP contribution >= 0.6 is 24.8 Å². The van der Waals surface area contributed by atoms with Gasteiger partial charge in [0.25, 0.3) is 0 Å². The van der Waals surface area contributed by atoms with Crippen LogP contribution in [0.2, 0.25) is 0 Å². The van der Waals surface area contributed by atoms with Crippen LogP contribution in [0.4, 0.5) is 5.82 Å². The number of likely N-dealkylation sites (N-methyl/N-ethyl adjacent to an activating group) is 1. The van der Waals surface area contributed by atoms with Gasteiger partial charge in [-0.05, 0) is 39.4 Å². The SMILES string of the molecule is CN(C)CCn1ccc(NC(=O)CNCC2CC2)n1.Cl.Cl. The van der Waals surface area contributed by atoms with Crippen molar-refractivity contribution in [2.45, 2.75) is 19.4 Å². The third-order valence-corrected chi connectivity index (χ3v) is 3.10. The monoisotopic (exact) mass is 337 g/mol. The minimum Gasteiger partial charge on any atom is -0.308 e. The van der Waals surface area contributed by atoms with E-state index in [-0.39, 0.29) is 30.7 Å². The molecule has 122 valence electrons. The van der Waals surface area contributed by atoms with Crippen molar-refractivity contribution in [1.29, 1.82) is 0 Å². The third-order valence-electron chi connectivity index (χ3n) is 3.10. The Morgan fingerprint density at radius 1 is 1.43 bits per heavy atom. The number of carbonyl (C=O) groups excluding carboxylic acids is 1. The van der Waals surface area contributed by atoms with Gasteiger partial charge in [0.1, 0.15) is 0 Å². The Balaban J connectivity index is 0.00000200. The number of hydrogen-bond acceptors (Lipinski definition) is 4. The predicted octanol–water partition coefficient (Wildman–Crippen LogP) is 1.23. The molecule has 2 N–H and O–H groups in total. The normalized spacial score (nSPS) is 13.5. The van der Waals surface area contributed by atoms with Gasteiger partial charge in [0, 0.05) is 18.8 Å². The molecule has 1 saturated carbocycles. The highest BCUT2D eigenvalue weighted by molar-refractivity contribution is 5.91. The maximum atomic E-state index is 11.7. The second-order valence-electron chi connectivity index (χ2n) is 5.39. The van der Waals surface area contributed by atoms with Gasteiger partial charge in [0.05, 0.1) is 13.1 Å². The van der Waals surface area contributed by atoms with Gasteiger partial charge in [-0.2, -0.15) is 5.10 Å². The van der Waals surface area contributed by atoms with Crippen LogP contribution in [-0.2, 0) is 11.3 Å². The molecule has 6 nitrogen and oxygen atoms in total. The first-order valence-electron chi connectivity index (χ1n) is 6.82. The van der Waals surface area contributed by atoms with Crippen molar-refractivity contribution in [1.82, 2.24) is 20.0 Å². The maximum absolute atomic E-state index is 11.7. The number of anilines is 1. The number of hydrogen-bond donors (Lipinski definition) is 2. The molecule has 0 saturated heterocycles. The molecule has 0 atom stereocenters. The van der Waals surface area contributed by atoms with Crippen molar-refractivity contribution in [3.63, 3.8) is 0 Å². The molecule has 1 aromatic heterocycles. The molecule has 0 bridgehead atoms. The van der Waals surface area contributed by atoms with Gasteiger partial charge in [0.15, 0.2) is 5.82 Å². The standard InChI is InChI=1S/C13H23N5O.2ClH/c1-17(2)7-8-18-6-5-12(16-18)15-13(19)10-14-9-11-3-4-11;;/h5-6,11,14H,3-4,7-10H2,1-2H3,(H,15,16,19);2*1H. The Hall–Kier alpha value is -0.820. The lowest BCUT2D eigenvalue weighted by atomic mass is 10.4. The van der Waals surface area contributed by atoms with E-state index >= 15 is 0 Å². The lowest BCUT2D eigenvalue weighted by Gasteiger charge is -2.08. The summed E-state index contributed by atoms with van der Waals surface area (Å²) >= 11 is 0. The molecule has 1 fully saturated rings. The third kappa shape index (κ3) is 8.26. The Labute approximate surface area is 138 Å². The highest BCUT2D eigenvalue weighted by Crippen LogP contribution is 2.27.